The van der Waals surface area contributed by atoms with Crippen LogP contribution in [-0.4, -0.2) is 24.6 Å². The number of thiol groups is 1. The lowest BCUT2D eigenvalue weighted by Crippen LogP contribution is -2.42. The first-order valence-electron chi connectivity index (χ1n) is 7.21. The predicted molar refractivity (Wildman–Crippen MR) is 72.4 cm³/mol. The van der Waals surface area contributed by atoms with Gasteiger partial charge in [-0.1, -0.05) is 19.3 Å². The zero-order valence-electron chi connectivity index (χ0n) is 12.0. The number of carbonyl (C=O) groups is 1. The lowest BCUT2D eigenvalue weighted by Gasteiger charge is -2.24. The number of halogens is 4. The summed E-state index contributed by atoms with van der Waals surface area (Å²) in [6.07, 6.45) is -1.41. The Labute approximate surface area is 132 Å². The fourth-order valence-electron chi connectivity index (χ4n) is 2.33. The topological polar surface area (TPSA) is 44.8 Å². The van der Waals surface area contributed by atoms with E-state index in [0.29, 0.717) is 0 Å². The van der Waals surface area contributed by atoms with Crippen LogP contribution in [0.3, 0.4) is 0 Å². The van der Waals surface area contributed by atoms with Crippen LogP contribution in [0.4, 0.5) is 17.6 Å². The van der Waals surface area contributed by atoms with Gasteiger partial charge >= 0.3 is 18.0 Å². The van der Waals surface area contributed by atoms with Crippen molar-refractivity contribution in [3.63, 3.8) is 0 Å². The van der Waals surface area contributed by atoms with E-state index in [1.165, 1.54) is 0 Å². The molecule has 1 rings (SSSR count). The molecule has 9 heteroatoms. The van der Waals surface area contributed by atoms with Gasteiger partial charge in [-0.25, -0.2) is 0 Å². The standard InChI is InChI=1S/C13H20F4O4S/c14-12(15,13(16,17)20-21-22)8-4-5-9-19-11(18)10-6-2-1-3-7-10/h10,22H,1-9H2. The SMILES string of the molecule is O=C(OCCCCC(F)(F)C(F)(F)OOS)C1CCCCC1. The Bertz CT molecular complexity index is 349. The Morgan fingerprint density at radius 1 is 1.09 bits per heavy atom. The van der Waals surface area contributed by atoms with Gasteiger partial charge in [0.2, 0.25) is 0 Å². The fourth-order valence-corrected chi connectivity index (χ4v) is 2.42. The van der Waals surface area contributed by atoms with Crippen LogP contribution in [0.5, 0.6) is 0 Å². The molecular weight excluding hydrogens is 328 g/mol. The molecule has 0 unspecified atom stereocenters. The van der Waals surface area contributed by atoms with Crippen LogP contribution in [0.2, 0.25) is 0 Å². The Hall–Kier alpha value is -0.540. The number of ether oxygens (including phenoxy) is 1. The second-order valence-corrected chi connectivity index (χ2v) is 5.49. The molecule has 0 aromatic heterocycles. The second kappa shape index (κ2) is 8.93. The highest BCUT2D eigenvalue weighted by atomic mass is 32.1. The molecule has 1 aliphatic rings. The zero-order chi connectivity index (χ0) is 16.6. The van der Waals surface area contributed by atoms with Crippen LogP contribution in [-0.2, 0) is 18.8 Å². The molecule has 0 radical (unpaired) electrons. The van der Waals surface area contributed by atoms with Gasteiger partial charge in [0, 0.05) is 19.3 Å². The monoisotopic (exact) mass is 348 g/mol. The quantitative estimate of drug-likeness (QED) is 0.128. The Balaban J connectivity index is 2.20. The van der Waals surface area contributed by atoms with Crippen molar-refractivity contribution >= 4 is 18.9 Å². The molecule has 1 fully saturated rings. The second-order valence-electron chi connectivity index (χ2n) is 5.34. The summed E-state index contributed by atoms with van der Waals surface area (Å²) in [5.74, 6) is -4.84. The van der Waals surface area contributed by atoms with E-state index in [2.05, 4.69) is 22.1 Å². The molecule has 1 aliphatic carbocycles. The van der Waals surface area contributed by atoms with Gasteiger partial charge in [-0.15, -0.1) is 4.89 Å². The van der Waals surface area contributed by atoms with E-state index in [4.69, 9.17) is 4.74 Å². The molecule has 4 nitrogen and oxygen atoms in total. The van der Waals surface area contributed by atoms with E-state index in [9.17, 15) is 22.4 Å². The molecule has 0 N–H and O–H groups in total. The molecule has 22 heavy (non-hydrogen) atoms. The molecule has 0 atom stereocenters. The molecule has 0 heterocycles. The Morgan fingerprint density at radius 2 is 1.73 bits per heavy atom. The molecule has 1 saturated carbocycles. The third-order valence-corrected chi connectivity index (χ3v) is 3.71. The minimum absolute atomic E-state index is 0.0547. The molecular formula is C13H20F4O4S. The maximum Gasteiger partial charge on any atom is 0.445 e. The van der Waals surface area contributed by atoms with Crippen molar-refractivity contribution in [1.29, 1.82) is 0 Å². The molecule has 0 aliphatic heterocycles. The van der Waals surface area contributed by atoms with Gasteiger partial charge < -0.3 is 4.74 Å². The first-order chi connectivity index (χ1) is 10.3. The zero-order valence-corrected chi connectivity index (χ0v) is 12.9. The Kier molecular flexibility index (Phi) is 7.92. The molecule has 0 saturated heterocycles. The minimum Gasteiger partial charge on any atom is -0.465 e. The van der Waals surface area contributed by atoms with Crippen molar-refractivity contribution in [2.45, 2.75) is 63.4 Å². The van der Waals surface area contributed by atoms with Crippen LogP contribution < -0.4 is 0 Å². The van der Waals surface area contributed by atoms with Gasteiger partial charge in [0.15, 0.2) is 0 Å². The van der Waals surface area contributed by atoms with Gasteiger partial charge in [-0.05, 0) is 25.7 Å². The van der Waals surface area contributed by atoms with Crippen LogP contribution >= 0.6 is 12.9 Å². The van der Waals surface area contributed by atoms with E-state index in [1.54, 1.807) is 0 Å². The average Bonchev–Trinajstić information content (AvgIpc) is 2.47. The van der Waals surface area contributed by atoms with E-state index >= 15 is 0 Å². The van der Waals surface area contributed by atoms with Crippen LogP contribution in [0.1, 0.15) is 51.4 Å². The van der Waals surface area contributed by atoms with E-state index < -0.39 is 18.5 Å². The Morgan fingerprint density at radius 3 is 2.32 bits per heavy atom. The van der Waals surface area contributed by atoms with Crippen molar-refractivity contribution in [3.05, 3.63) is 0 Å². The highest BCUT2D eigenvalue weighted by molar-refractivity contribution is 7.74. The van der Waals surface area contributed by atoms with Gasteiger partial charge in [-0.2, -0.15) is 21.9 Å². The number of esters is 1. The number of hydrogen-bond acceptors (Lipinski definition) is 5. The van der Waals surface area contributed by atoms with Gasteiger partial charge in [0.05, 0.1) is 12.5 Å². The maximum atomic E-state index is 13.2. The van der Waals surface area contributed by atoms with Crippen molar-refractivity contribution < 1.29 is 36.3 Å². The summed E-state index contributed by atoms with van der Waals surface area (Å²) in [5.41, 5.74) is 0. The third kappa shape index (κ3) is 5.92. The molecule has 130 valence electrons. The maximum absolute atomic E-state index is 13.2. The number of carbonyl (C=O) groups excluding carboxylic acids is 1. The van der Waals surface area contributed by atoms with E-state index in [1.807, 2.05) is 0 Å². The number of unbranched alkanes of at least 4 members (excludes halogenated alkanes) is 1. The first-order valence-corrected chi connectivity index (χ1v) is 7.58. The summed E-state index contributed by atoms with van der Waals surface area (Å²) in [6, 6.07) is 0. The van der Waals surface area contributed by atoms with Crippen molar-refractivity contribution in [2.24, 2.45) is 5.92 Å². The first kappa shape index (κ1) is 19.5. The third-order valence-electron chi connectivity index (χ3n) is 3.64. The predicted octanol–water partition coefficient (Wildman–Crippen LogP) is 4.30. The summed E-state index contributed by atoms with van der Waals surface area (Å²) >= 11 is 2.85. The smallest absolute Gasteiger partial charge is 0.445 e. The lowest BCUT2D eigenvalue weighted by atomic mass is 9.89. The molecule has 0 aromatic rings. The van der Waals surface area contributed by atoms with Gasteiger partial charge in [0.1, 0.15) is 0 Å². The number of alkyl halides is 4. The van der Waals surface area contributed by atoms with Crippen molar-refractivity contribution in [3.8, 4) is 0 Å². The van der Waals surface area contributed by atoms with E-state index in [-0.39, 0.29) is 31.3 Å². The molecule has 0 bridgehead atoms. The summed E-state index contributed by atoms with van der Waals surface area (Å²) in [5, 5.41) is 0. The molecule has 0 amide bonds. The molecule has 0 aromatic carbocycles. The lowest BCUT2D eigenvalue weighted by molar-refractivity contribution is -0.444. The highest BCUT2D eigenvalue weighted by Gasteiger charge is 2.58. The minimum atomic E-state index is -4.76. The van der Waals surface area contributed by atoms with Gasteiger partial charge in [0.25, 0.3) is 0 Å². The summed E-state index contributed by atoms with van der Waals surface area (Å²) < 4.78 is 60.3. The van der Waals surface area contributed by atoms with Crippen LogP contribution in [0.25, 0.3) is 0 Å². The normalized spacial score (nSPS) is 17.5. The summed E-state index contributed by atoms with van der Waals surface area (Å²) in [4.78, 5) is 14.8. The number of hydrogen-bond donors (Lipinski definition) is 1. The molecule has 0 spiro atoms. The summed E-state index contributed by atoms with van der Waals surface area (Å²) in [7, 11) is 0. The van der Waals surface area contributed by atoms with Crippen molar-refractivity contribution in [2.75, 3.05) is 6.61 Å². The van der Waals surface area contributed by atoms with Gasteiger partial charge in [-0.3, -0.25) is 4.79 Å². The fraction of sp³-hybridized carbons (Fsp3) is 0.923. The van der Waals surface area contributed by atoms with Crippen LogP contribution in [0, 0.1) is 5.92 Å². The van der Waals surface area contributed by atoms with Crippen LogP contribution in [0.15, 0.2) is 0 Å². The van der Waals surface area contributed by atoms with Crippen molar-refractivity contribution in [1.82, 2.24) is 0 Å². The number of rotatable bonds is 9. The van der Waals surface area contributed by atoms with E-state index in [0.717, 1.165) is 32.1 Å². The summed E-state index contributed by atoms with van der Waals surface area (Å²) in [6.45, 7) is -0.0547. The largest absolute Gasteiger partial charge is 0.465 e. The highest BCUT2D eigenvalue weighted by Crippen LogP contribution is 2.39. The average molecular weight is 348 g/mol.